The van der Waals surface area contributed by atoms with Gasteiger partial charge in [0, 0.05) is 6.54 Å². The number of hydrogen-bond donors (Lipinski definition) is 0. The molecular formula is C18H33NO3. The van der Waals surface area contributed by atoms with Crippen LogP contribution in [0, 0.1) is 5.92 Å². The zero-order valence-corrected chi connectivity index (χ0v) is 14.8. The molecule has 0 aromatic heterocycles. The van der Waals surface area contributed by atoms with E-state index in [1.807, 2.05) is 25.7 Å². The van der Waals surface area contributed by atoms with Crippen LogP contribution in [0.25, 0.3) is 0 Å². The highest BCUT2D eigenvalue weighted by Gasteiger charge is 2.38. The van der Waals surface area contributed by atoms with Crippen molar-refractivity contribution in [3.63, 3.8) is 0 Å². The molecular weight excluding hydrogens is 278 g/mol. The third-order valence-corrected chi connectivity index (χ3v) is 4.94. The molecule has 1 unspecified atom stereocenters. The molecule has 2 rings (SSSR count). The van der Waals surface area contributed by atoms with Crippen molar-refractivity contribution >= 4 is 6.09 Å². The Balaban J connectivity index is 1.91. The van der Waals surface area contributed by atoms with E-state index in [1.165, 1.54) is 25.7 Å². The van der Waals surface area contributed by atoms with Gasteiger partial charge in [-0.25, -0.2) is 4.79 Å². The lowest BCUT2D eigenvalue weighted by Gasteiger charge is -2.42. The smallest absolute Gasteiger partial charge is 0.410 e. The van der Waals surface area contributed by atoms with Crippen molar-refractivity contribution in [1.29, 1.82) is 0 Å². The lowest BCUT2D eigenvalue weighted by Crippen LogP contribution is -2.52. The molecule has 2 fully saturated rings. The van der Waals surface area contributed by atoms with Gasteiger partial charge in [0.2, 0.25) is 0 Å². The lowest BCUT2D eigenvalue weighted by atomic mass is 9.90. The summed E-state index contributed by atoms with van der Waals surface area (Å²) >= 11 is 0. The maximum absolute atomic E-state index is 12.3. The summed E-state index contributed by atoms with van der Waals surface area (Å²) in [4.78, 5) is 14.2. The first-order chi connectivity index (χ1) is 10.3. The van der Waals surface area contributed by atoms with E-state index in [2.05, 4.69) is 6.92 Å². The van der Waals surface area contributed by atoms with Gasteiger partial charge in [0.25, 0.3) is 0 Å². The number of ether oxygens (including phenoxy) is 2. The Labute approximate surface area is 135 Å². The van der Waals surface area contributed by atoms with Gasteiger partial charge in [-0.2, -0.15) is 0 Å². The molecule has 0 bridgehead atoms. The maximum Gasteiger partial charge on any atom is 0.410 e. The summed E-state index contributed by atoms with van der Waals surface area (Å²) in [5.74, 6) is 0.723. The van der Waals surface area contributed by atoms with Crippen LogP contribution in [-0.2, 0) is 9.47 Å². The first-order valence-electron chi connectivity index (χ1n) is 8.95. The monoisotopic (exact) mass is 311 g/mol. The topological polar surface area (TPSA) is 38.8 Å². The van der Waals surface area contributed by atoms with Gasteiger partial charge >= 0.3 is 6.09 Å². The fraction of sp³-hybridized carbons (Fsp3) is 0.944. The fourth-order valence-electron chi connectivity index (χ4n) is 3.56. The molecule has 4 nitrogen and oxygen atoms in total. The van der Waals surface area contributed by atoms with Crippen LogP contribution in [0.15, 0.2) is 0 Å². The van der Waals surface area contributed by atoms with Crippen molar-refractivity contribution in [2.45, 2.75) is 83.8 Å². The molecule has 1 aliphatic heterocycles. The maximum atomic E-state index is 12.3. The number of hydrogen-bond acceptors (Lipinski definition) is 3. The molecule has 0 aromatic rings. The molecule has 1 saturated heterocycles. The molecule has 2 aliphatic rings. The van der Waals surface area contributed by atoms with Crippen molar-refractivity contribution in [3.8, 4) is 0 Å². The Bertz CT molecular complexity index is 371. The van der Waals surface area contributed by atoms with Crippen LogP contribution < -0.4 is 0 Å². The summed E-state index contributed by atoms with van der Waals surface area (Å²) in [5, 5.41) is 0. The Morgan fingerprint density at radius 1 is 1.23 bits per heavy atom. The van der Waals surface area contributed by atoms with Crippen molar-refractivity contribution in [1.82, 2.24) is 4.90 Å². The molecule has 4 heteroatoms. The van der Waals surface area contributed by atoms with E-state index >= 15 is 0 Å². The minimum atomic E-state index is -0.436. The fourth-order valence-corrected chi connectivity index (χ4v) is 3.56. The molecule has 1 amide bonds. The summed E-state index contributed by atoms with van der Waals surface area (Å²) in [6.07, 6.45) is 8.10. The molecule has 0 spiro atoms. The van der Waals surface area contributed by atoms with Crippen LogP contribution in [0.1, 0.15) is 72.6 Å². The number of rotatable bonds is 4. The van der Waals surface area contributed by atoms with Crippen LogP contribution in [0.2, 0.25) is 0 Å². The predicted octanol–water partition coefficient (Wildman–Crippen LogP) is 4.37. The van der Waals surface area contributed by atoms with E-state index in [0.717, 1.165) is 38.3 Å². The number of piperidine rings is 1. The number of nitrogens with zero attached hydrogens (tertiary/aromatic N) is 1. The van der Waals surface area contributed by atoms with E-state index in [9.17, 15) is 4.79 Å². The van der Waals surface area contributed by atoms with Crippen molar-refractivity contribution in [3.05, 3.63) is 0 Å². The largest absolute Gasteiger partial charge is 0.444 e. The van der Waals surface area contributed by atoms with E-state index in [1.54, 1.807) is 0 Å². The van der Waals surface area contributed by atoms with Crippen molar-refractivity contribution in [2.75, 3.05) is 19.7 Å². The van der Waals surface area contributed by atoms with Crippen molar-refractivity contribution in [2.24, 2.45) is 5.92 Å². The van der Waals surface area contributed by atoms with E-state index in [4.69, 9.17) is 9.47 Å². The van der Waals surface area contributed by atoms with Crippen LogP contribution in [0.3, 0.4) is 0 Å². The van der Waals surface area contributed by atoms with Crippen molar-refractivity contribution < 1.29 is 14.3 Å². The highest BCUT2D eigenvalue weighted by atomic mass is 16.6. The quantitative estimate of drug-likeness (QED) is 0.773. The molecule has 0 N–H and O–H groups in total. The second-order valence-electron chi connectivity index (χ2n) is 8.00. The summed E-state index contributed by atoms with van der Waals surface area (Å²) in [6.45, 7) is 10.2. The van der Waals surface area contributed by atoms with Gasteiger partial charge in [0.15, 0.2) is 0 Å². The molecule has 1 aliphatic carbocycles. The standard InChI is InChI=1S/C18H33NO3/c1-5-18(21-13-15-9-6-7-10-15)11-8-12-19(14-18)16(20)22-17(2,3)4/h15H,5-14H2,1-4H3. The first kappa shape index (κ1) is 17.6. The molecule has 1 atom stereocenters. The molecule has 128 valence electrons. The lowest BCUT2D eigenvalue weighted by molar-refractivity contribution is -0.103. The minimum Gasteiger partial charge on any atom is -0.444 e. The average molecular weight is 311 g/mol. The van der Waals surface area contributed by atoms with Crippen LogP contribution in [0.5, 0.6) is 0 Å². The molecule has 1 saturated carbocycles. The second-order valence-corrected chi connectivity index (χ2v) is 8.00. The van der Waals surface area contributed by atoms with Crippen LogP contribution >= 0.6 is 0 Å². The zero-order valence-electron chi connectivity index (χ0n) is 14.8. The van der Waals surface area contributed by atoms with E-state index in [-0.39, 0.29) is 11.7 Å². The van der Waals surface area contributed by atoms with Gasteiger partial charge in [0.05, 0.1) is 18.8 Å². The number of amides is 1. The molecule has 0 aromatic carbocycles. The third-order valence-electron chi connectivity index (χ3n) is 4.94. The zero-order chi connectivity index (χ0) is 16.2. The normalized spacial score (nSPS) is 27.2. The Hall–Kier alpha value is -0.770. The van der Waals surface area contributed by atoms with Crippen LogP contribution in [-0.4, -0.2) is 41.9 Å². The average Bonchev–Trinajstić information content (AvgIpc) is 2.97. The highest BCUT2D eigenvalue weighted by molar-refractivity contribution is 5.68. The minimum absolute atomic E-state index is 0.169. The van der Waals surface area contributed by atoms with Gasteiger partial charge in [-0.3, -0.25) is 0 Å². The van der Waals surface area contributed by atoms with Gasteiger partial charge in [-0.15, -0.1) is 0 Å². The van der Waals surface area contributed by atoms with E-state index in [0.29, 0.717) is 6.54 Å². The third kappa shape index (κ3) is 4.87. The van der Waals surface area contributed by atoms with Gasteiger partial charge in [0.1, 0.15) is 5.60 Å². The van der Waals surface area contributed by atoms with Gasteiger partial charge in [-0.1, -0.05) is 19.8 Å². The summed E-state index contributed by atoms with van der Waals surface area (Å²) < 4.78 is 11.9. The summed E-state index contributed by atoms with van der Waals surface area (Å²) in [6, 6.07) is 0. The molecule has 22 heavy (non-hydrogen) atoms. The summed E-state index contributed by atoms with van der Waals surface area (Å²) in [7, 11) is 0. The number of carbonyl (C=O) groups excluding carboxylic acids is 1. The first-order valence-corrected chi connectivity index (χ1v) is 8.95. The molecule has 0 radical (unpaired) electrons. The Kier molecular flexibility index (Phi) is 5.76. The van der Waals surface area contributed by atoms with Gasteiger partial charge < -0.3 is 14.4 Å². The number of carbonyl (C=O) groups is 1. The Morgan fingerprint density at radius 3 is 2.50 bits per heavy atom. The summed E-state index contributed by atoms with van der Waals surface area (Å²) in [5.41, 5.74) is -0.605. The molecule has 1 heterocycles. The number of likely N-dealkylation sites (tertiary alicyclic amines) is 1. The second kappa shape index (κ2) is 7.20. The van der Waals surface area contributed by atoms with Gasteiger partial charge in [-0.05, 0) is 58.8 Å². The van der Waals surface area contributed by atoms with E-state index < -0.39 is 5.60 Å². The highest BCUT2D eigenvalue weighted by Crippen LogP contribution is 2.32. The van der Waals surface area contributed by atoms with Crippen LogP contribution in [0.4, 0.5) is 4.79 Å². The SMILES string of the molecule is CCC1(OCC2CCCC2)CCCN(C(=O)OC(C)(C)C)C1. The Morgan fingerprint density at radius 2 is 1.91 bits per heavy atom. The predicted molar refractivity (Wildman–Crippen MR) is 88.0 cm³/mol.